The minimum absolute atomic E-state index is 0.0580. The number of ketones is 1. The Kier molecular flexibility index (Phi) is 3.10. The second-order valence-corrected chi connectivity index (χ2v) is 5.11. The summed E-state index contributed by atoms with van der Waals surface area (Å²) < 4.78 is 0. The average Bonchev–Trinajstić information content (AvgIpc) is 2.48. The van der Waals surface area contributed by atoms with E-state index in [1.54, 1.807) is 48.3 Å². The molecule has 0 aliphatic carbocycles. The van der Waals surface area contributed by atoms with Crippen molar-refractivity contribution in [3.63, 3.8) is 0 Å². The molecule has 106 valence electrons. The van der Waals surface area contributed by atoms with Crippen molar-refractivity contribution < 1.29 is 9.59 Å². The number of nitrogens with two attached hydrogens (primary N) is 1. The molecule has 0 bridgehead atoms. The molecule has 0 radical (unpaired) electrons. The fraction of sp³-hybridized carbons (Fsp3) is 0.125. The highest BCUT2D eigenvalue weighted by atomic mass is 16.2. The van der Waals surface area contributed by atoms with Gasteiger partial charge in [-0.2, -0.15) is 0 Å². The van der Waals surface area contributed by atoms with Crippen molar-refractivity contribution in [1.82, 2.24) is 4.90 Å². The maximum atomic E-state index is 12.4. The van der Waals surface area contributed by atoms with Crippen molar-refractivity contribution >= 4 is 23.2 Å². The molecule has 5 nitrogen and oxygen atoms in total. The van der Waals surface area contributed by atoms with Crippen LogP contribution >= 0.6 is 0 Å². The number of benzene rings is 2. The van der Waals surface area contributed by atoms with Crippen LogP contribution in [0.25, 0.3) is 0 Å². The highest BCUT2D eigenvalue weighted by Gasteiger charge is 2.20. The molecule has 0 unspecified atom stereocenters. The van der Waals surface area contributed by atoms with Crippen molar-refractivity contribution in [3.05, 3.63) is 59.2 Å². The maximum absolute atomic E-state index is 12.4. The highest BCUT2D eigenvalue weighted by molar-refractivity contribution is 6.09. The van der Waals surface area contributed by atoms with Gasteiger partial charge in [0.2, 0.25) is 0 Å². The summed E-state index contributed by atoms with van der Waals surface area (Å²) >= 11 is 0. The standard InChI is InChI=1S/C16H15N3O2/c1-19-9-12-8-11(4-7-14(12)18-16(19)21)15(20)10-2-5-13(17)6-3-10/h2-8H,9,17H2,1H3,(H,18,21). The zero-order valence-electron chi connectivity index (χ0n) is 11.6. The quantitative estimate of drug-likeness (QED) is 0.656. The molecule has 0 spiro atoms. The highest BCUT2D eigenvalue weighted by Crippen LogP contribution is 2.25. The summed E-state index contributed by atoms with van der Waals surface area (Å²) in [4.78, 5) is 25.6. The van der Waals surface area contributed by atoms with Crippen LogP contribution < -0.4 is 11.1 Å². The van der Waals surface area contributed by atoms with E-state index in [-0.39, 0.29) is 11.8 Å². The number of hydrogen-bond donors (Lipinski definition) is 2. The second-order valence-electron chi connectivity index (χ2n) is 5.11. The lowest BCUT2D eigenvalue weighted by molar-refractivity contribution is 0.103. The van der Waals surface area contributed by atoms with E-state index in [9.17, 15) is 9.59 Å². The lowest BCUT2D eigenvalue weighted by Crippen LogP contribution is -2.35. The molecule has 0 atom stereocenters. The third kappa shape index (κ3) is 2.45. The lowest BCUT2D eigenvalue weighted by atomic mass is 9.99. The van der Waals surface area contributed by atoms with E-state index in [4.69, 9.17) is 5.73 Å². The third-order valence-electron chi connectivity index (χ3n) is 3.54. The van der Waals surface area contributed by atoms with E-state index in [1.807, 2.05) is 6.07 Å². The van der Waals surface area contributed by atoms with Crippen LogP contribution in [0.5, 0.6) is 0 Å². The van der Waals surface area contributed by atoms with Gasteiger partial charge in [-0.25, -0.2) is 4.79 Å². The molecule has 1 aliphatic rings. The summed E-state index contributed by atoms with van der Waals surface area (Å²) in [6.45, 7) is 0.490. The van der Waals surface area contributed by atoms with Gasteiger partial charge in [-0.15, -0.1) is 0 Å². The maximum Gasteiger partial charge on any atom is 0.321 e. The minimum atomic E-state index is -0.139. The number of hydrogen-bond acceptors (Lipinski definition) is 3. The predicted octanol–water partition coefficient (Wildman–Crippen LogP) is 2.48. The van der Waals surface area contributed by atoms with Gasteiger partial charge in [-0.3, -0.25) is 4.79 Å². The molecule has 2 aromatic rings. The summed E-state index contributed by atoms with van der Waals surface area (Å²) in [7, 11) is 1.72. The van der Waals surface area contributed by atoms with Crippen LogP contribution in [0.3, 0.4) is 0 Å². The van der Waals surface area contributed by atoms with Gasteiger partial charge in [0.1, 0.15) is 0 Å². The van der Waals surface area contributed by atoms with Crippen molar-refractivity contribution in [1.29, 1.82) is 0 Å². The molecule has 0 aromatic heterocycles. The smallest absolute Gasteiger partial charge is 0.321 e. The zero-order chi connectivity index (χ0) is 15.0. The molecule has 5 heteroatoms. The summed E-state index contributed by atoms with van der Waals surface area (Å²) in [5, 5.41) is 2.78. The minimum Gasteiger partial charge on any atom is -0.399 e. The summed E-state index contributed by atoms with van der Waals surface area (Å²) in [6, 6.07) is 12.0. The predicted molar refractivity (Wildman–Crippen MR) is 81.2 cm³/mol. The van der Waals surface area contributed by atoms with Crippen LogP contribution in [0.2, 0.25) is 0 Å². The summed E-state index contributed by atoms with van der Waals surface area (Å²) in [5.74, 6) is -0.0580. The van der Waals surface area contributed by atoms with E-state index >= 15 is 0 Å². The number of carbonyl (C=O) groups excluding carboxylic acids is 2. The van der Waals surface area contributed by atoms with Crippen molar-refractivity contribution in [2.75, 3.05) is 18.1 Å². The summed E-state index contributed by atoms with van der Waals surface area (Å²) in [5.41, 5.74) is 9.13. The van der Waals surface area contributed by atoms with Gasteiger partial charge in [0, 0.05) is 36.1 Å². The van der Waals surface area contributed by atoms with Gasteiger partial charge in [0.15, 0.2) is 5.78 Å². The van der Waals surface area contributed by atoms with Crippen molar-refractivity contribution in [3.8, 4) is 0 Å². The molecule has 2 aromatic carbocycles. The fourth-order valence-corrected chi connectivity index (χ4v) is 2.33. The molecular formula is C16H15N3O2. The van der Waals surface area contributed by atoms with Gasteiger partial charge in [0.05, 0.1) is 0 Å². The number of rotatable bonds is 2. The first-order chi connectivity index (χ1) is 10.0. The Labute approximate surface area is 122 Å². The van der Waals surface area contributed by atoms with Crippen LogP contribution in [0.1, 0.15) is 21.5 Å². The van der Waals surface area contributed by atoms with Crippen LogP contribution in [-0.2, 0) is 6.54 Å². The Morgan fingerprint density at radius 1 is 1.14 bits per heavy atom. The van der Waals surface area contributed by atoms with Crippen molar-refractivity contribution in [2.24, 2.45) is 0 Å². The van der Waals surface area contributed by atoms with Crippen LogP contribution in [0.4, 0.5) is 16.2 Å². The normalized spacial score (nSPS) is 13.6. The van der Waals surface area contributed by atoms with E-state index in [0.29, 0.717) is 23.4 Å². The van der Waals surface area contributed by atoms with E-state index in [1.165, 1.54) is 0 Å². The first-order valence-corrected chi connectivity index (χ1v) is 6.60. The largest absolute Gasteiger partial charge is 0.399 e. The molecular weight excluding hydrogens is 266 g/mol. The first-order valence-electron chi connectivity index (χ1n) is 6.60. The molecule has 1 aliphatic heterocycles. The molecule has 0 fully saturated rings. The molecule has 21 heavy (non-hydrogen) atoms. The van der Waals surface area contributed by atoms with E-state index in [2.05, 4.69) is 5.32 Å². The van der Waals surface area contributed by atoms with E-state index < -0.39 is 0 Å². The fourth-order valence-electron chi connectivity index (χ4n) is 2.33. The topological polar surface area (TPSA) is 75.4 Å². The van der Waals surface area contributed by atoms with Gasteiger partial charge in [-0.1, -0.05) is 0 Å². The number of anilines is 2. The van der Waals surface area contributed by atoms with Crippen LogP contribution in [-0.4, -0.2) is 23.8 Å². The Morgan fingerprint density at radius 2 is 1.81 bits per heavy atom. The number of fused-ring (bicyclic) bond motifs is 1. The molecule has 0 saturated heterocycles. The lowest BCUT2D eigenvalue weighted by Gasteiger charge is -2.26. The molecule has 1 heterocycles. The SMILES string of the molecule is CN1Cc2cc(C(=O)c3ccc(N)cc3)ccc2NC1=O. The van der Waals surface area contributed by atoms with Crippen LogP contribution in [0, 0.1) is 0 Å². The summed E-state index contributed by atoms with van der Waals surface area (Å²) in [6.07, 6.45) is 0. The zero-order valence-corrected chi connectivity index (χ0v) is 11.6. The number of amides is 2. The molecule has 2 amide bonds. The van der Waals surface area contributed by atoms with Gasteiger partial charge >= 0.3 is 6.03 Å². The monoisotopic (exact) mass is 281 g/mol. The number of nitrogen functional groups attached to an aromatic ring is 1. The van der Waals surface area contributed by atoms with Crippen LogP contribution in [0.15, 0.2) is 42.5 Å². The Bertz CT molecular complexity index is 723. The first kappa shape index (κ1) is 13.2. The Morgan fingerprint density at radius 3 is 2.52 bits per heavy atom. The molecule has 3 N–H and O–H groups in total. The third-order valence-corrected chi connectivity index (χ3v) is 3.54. The van der Waals surface area contributed by atoms with E-state index in [0.717, 1.165) is 11.3 Å². The van der Waals surface area contributed by atoms with Crippen molar-refractivity contribution in [2.45, 2.75) is 6.54 Å². The number of nitrogens with zero attached hydrogens (tertiary/aromatic N) is 1. The van der Waals surface area contributed by atoms with Gasteiger partial charge in [-0.05, 0) is 48.0 Å². The number of urea groups is 1. The van der Waals surface area contributed by atoms with Gasteiger partial charge < -0.3 is 16.0 Å². The second kappa shape index (κ2) is 4.94. The van der Waals surface area contributed by atoms with Gasteiger partial charge in [0.25, 0.3) is 0 Å². The Balaban J connectivity index is 1.93. The molecule has 0 saturated carbocycles. The number of carbonyl (C=O) groups is 2. The molecule has 3 rings (SSSR count). The Hall–Kier alpha value is -2.82. The number of nitrogens with one attached hydrogen (secondary N) is 1. The average molecular weight is 281 g/mol.